The standard InChI is InChI=1S/C21H29N3O3/c25-19(18-16-7-1-2-8-17(16)22-27-18)24-12-10-21(14-24)9-4-11-23(20(21)26)13-15-5-3-6-15/h15H,1-14H2. The Hall–Kier alpha value is -1.85. The maximum absolute atomic E-state index is 13.3. The summed E-state index contributed by atoms with van der Waals surface area (Å²) >= 11 is 0. The first-order valence-electron chi connectivity index (χ1n) is 10.7. The van der Waals surface area contributed by atoms with E-state index < -0.39 is 0 Å². The molecule has 0 bridgehead atoms. The summed E-state index contributed by atoms with van der Waals surface area (Å²) in [5, 5.41) is 4.13. The molecule has 0 radical (unpaired) electrons. The monoisotopic (exact) mass is 371 g/mol. The van der Waals surface area contributed by atoms with Crippen LogP contribution in [0.25, 0.3) is 0 Å². The smallest absolute Gasteiger partial charge is 0.292 e. The van der Waals surface area contributed by atoms with Crippen LogP contribution >= 0.6 is 0 Å². The van der Waals surface area contributed by atoms with Crippen LogP contribution < -0.4 is 0 Å². The number of amides is 2. The molecular weight excluding hydrogens is 342 g/mol. The topological polar surface area (TPSA) is 66.7 Å². The van der Waals surface area contributed by atoms with E-state index in [4.69, 9.17) is 4.52 Å². The van der Waals surface area contributed by atoms with Gasteiger partial charge in [0.2, 0.25) is 11.7 Å². The van der Waals surface area contributed by atoms with Crippen molar-refractivity contribution in [2.24, 2.45) is 11.3 Å². The van der Waals surface area contributed by atoms with Crippen LogP contribution in [-0.2, 0) is 17.6 Å². The van der Waals surface area contributed by atoms with Crippen LogP contribution in [0.5, 0.6) is 0 Å². The number of nitrogens with zero attached hydrogens (tertiary/aromatic N) is 3. The Morgan fingerprint density at radius 2 is 1.96 bits per heavy atom. The molecule has 3 fully saturated rings. The Morgan fingerprint density at radius 3 is 2.78 bits per heavy atom. The fourth-order valence-corrected chi connectivity index (χ4v) is 5.44. The fraction of sp³-hybridized carbons (Fsp3) is 0.762. The van der Waals surface area contributed by atoms with Crippen molar-refractivity contribution in [1.82, 2.24) is 15.0 Å². The van der Waals surface area contributed by atoms with Crippen molar-refractivity contribution >= 4 is 11.8 Å². The van der Waals surface area contributed by atoms with Gasteiger partial charge in [0.25, 0.3) is 5.91 Å². The molecule has 2 aliphatic carbocycles. The molecule has 0 N–H and O–H groups in total. The van der Waals surface area contributed by atoms with Crippen LogP contribution in [0.1, 0.15) is 73.2 Å². The minimum atomic E-state index is -0.363. The van der Waals surface area contributed by atoms with E-state index in [-0.39, 0.29) is 17.2 Å². The van der Waals surface area contributed by atoms with E-state index in [1.807, 2.05) is 4.90 Å². The van der Waals surface area contributed by atoms with Gasteiger partial charge < -0.3 is 14.3 Å². The highest BCUT2D eigenvalue weighted by Gasteiger charge is 2.50. The molecule has 0 aromatic carbocycles. The van der Waals surface area contributed by atoms with Gasteiger partial charge in [-0.2, -0.15) is 0 Å². The lowest BCUT2D eigenvalue weighted by Gasteiger charge is -2.42. The molecule has 6 nitrogen and oxygen atoms in total. The van der Waals surface area contributed by atoms with Crippen LogP contribution in [0.15, 0.2) is 4.52 Å². The number of carbonyl (C=O) groups excluding carboxylic acids is 2. The van der Waals surface area contributed by atoms with E-state index in [0.717, 1.165) is 69.3 Å². The Balaban J connectivity index is 1.30. The third-order valence-corrected chi connectivity index (χ3v) is 7.32. The summed E-state index contributed by atoms with van der Waals surface area (Å²) in [6.45, 7) is 3.00. The second kappa shape index (κ2) is 6.64. The van der Waals surface area contributed by atoms with Gasteiger partial charge in [-0.15, -0.1) is 0 Å². The van der Waals surface area contributed by atoms with Crippen LogP contribution in [0, 0.1) is 11.3 Å². The largest absolute Gasteiger partial charge is 0.350 e. The molecule has 1 aromatic rings. The summed E-state index contributed by atoms with van der Waals surface area (Å²) in [5.41, 5.74) is 1.60. The van der Waals surface area contributed by atoms with Gasteiger partial charge in [-0.3, -0.25) is 9.59 Å². The van der Waals surface area contributed by atoms with Gasteiger partial charge in [-0.05, 0) is 63.7 Å². The number of rotatable bonds is 3. The van der Waals surface area contributed by atoms with Crippen LogP contribution in [0.4, 0.5) is 0 Å². The summed E-state index contributed by atoms with van der Waals surface area (Å²) in [5.74, 6) is 1.35. The van der Waals surface area contributed by atoms with Crippen LogP contribution in [0.2, 0.25) is 0 Å². The summed E-state index contributed by atoms with van der Waals surface area (Å²) in [6.07, 6.45) is 10.6. The molecule has 2 aliphatic heterocycles. The van der Waals surface area contributed by atoms with Crippen molar-refractivity contribution in [3.8, 4) is 0 Å². The zero-order valence-electron chi connectivity index (χ0n) is 16.0. The highest BCUT2D eigenvalue weighted by Crippen LogP contribution is 2.42. The molecule has 1 unspecified atom stereocenters. The summed E-state index contributed by atoms with van der Waals surface area (Å²) in [7, 11) is 0. The molecule has 5 rings (SSSR count). The predicted molar refractivity (Wildman–Crippen MR) is 99.3 cm³/mol. The lowest BCUT2D eigenvalue weighted by atomic mass is 9.77. The Bertz CT molecular complexity index is 754. The lowest BCUT2D eigenvalue weighted by molar-refractivity contribution is -0.146. The maximum Gasteiger partial charge on any atom is 0.292 e. The number of aryl methyl sites for hydroxylation is 1. The van der Waals surface area contributed by atoms with Crippen LogP contribution in [0.3, 0.4) is 0 Å². The van der Waals surface area contributed by atoms with E-state index in [9.17, 15) is 9.59 Å². The molecule has 1 atom stereocenters. The van der Waals surface area contributed by atoms with Gasteiger partial charge >= 0.3 is 0 Å². The van der Waals surface area contributed by atoms with Gasteiger partial charge in [0, 0.05) is 31.7 Å². The average Bonchev–Trinajstić information content (AvgIpc) is 3.26. The van der Waals surface area contributed by atoms with Crippen molar-refractivity contribution in [3.63, 3.8) is 0 Å². The first-order valence-corrected chi connectivity index (χ1v) is 10.7. The molecule has 1 aromatic heterocycles. The second-order valence-electron chi connectivity index (χ2n) is 9.05. The number of aromatic nitrogens is 1. The van der Waals surface area contributed by atoms with E-state index in [1.54, 1.807) is 0 Å². The summed E-state index contributed by atoms with van der Waals surface area (Å²) < 4.78 is 5.45. The van der Waals surface area contributed by atoms with Crippen molar-refractivity contribution in [2.75, 3.05) is 26.2 Å². The third-order valence-electron chi connectivity index (χ3n) is 7.32. The minimum absolute atomic E-state index is 0.0635. The number of hydrogen-bond acceptors (Lipinski definition) is 4. The number of fused-ring (bicyclic) bond motifs is 1. The molecule has 27 heavy (non-hydrogen) atoms. The van der Waals surface area contributed by atoms with Crippen LogP contribution in [-0.4, -0.2) is 52.9 Å². The molecule has 6 heteroatoms. The zero-order chi connectivity index (χ0) is 18.4. The second-order valence-corrected chi connectivity index (χ2v) is 9.05. The van der Waals surface area contributed by atoms with E-state index in [2.05, 4.69) is 10.1 Å². The molecule has 2 saturated heterocycles. The maximum atomic E-state index is 13.3. The van der Waals surface area contributed by atoms with Crippen molar-refractivity contribution in [3.05, 3.63) is 17.0 Å². The summed E-state index contributed by atoms with van der Waals surface area (Å²) in [4.78, 5) is 30.3. The summed E-state index contributed by atoms with van der Waals surface area (Å²) in [6, 6.07) is 0. The van der Waals surface area contributed by atoms with E-state index in [1.165, 1.54) is 19.3 Å². The van der Waals surface area contributed by atoms with Gasteiger partial charge in [-0.25, -0.2) is 0 Å². The van der Waals surface area contributed by atoms with Crippen molar-refractivity contribution < 1.29 is 14.1 Å². The van der Waals surface area contributed by atoms with Gasteiger partial charge in [0.05, 0.1) is 11.1 Å². The van der Waals surface area contributed by atoms with E-state index in [0.29, 0.717) is 24.8 Å². The SMILES string of the molecule is O=C(c1onc2c1CCCC2)N1CCC2(CCCN(CC3CCC3)C2=O)C1. The first kappa shape index (κ1) is 17.3. The minimum Gasteiger partial charge on any atom is -0.350 e. The first-order chi connectivity index (χ1) is 13.2. The van der Waals surface area contributed by atoms with Gasteiger partial charge in [0.1, 0.15) is 0 Å². The lowest BCUT2D eigenvalue weighted by Crippen LogP contribution is -2.52. The molecular formula is C21H29N3O3. The average molecular weight is 371 g/mol. The van der Waals surface area contributed by atoms with E-state index >= 15 is 0 Å². The highest BCUT2D eigenvalue weighted by atomic mass is 16.5. The molecule has 1 saturated carbocycles. The quantitative estimate of drug-likeness (QED) is 0.819. The van der Waals surface area contributed by atoms with Gasteiger partial charge in [0.15, 0.2) is 0 Å². The van der Waals surface area contributed by atoms with Crippen molar-refractivity contribution in [2.45, 2.75) is 64.2 Å². The number of carbonyl (C=O) groups is 2. The van der Waals surface area contributed by atoms with Gasteiger partial charge in [-0.1, -0.05) is 11.6 Å². The molecule has 4 aliphatic rings. The highest BCUT2D eigenvalue weighted by molar-refractivity contribution is 5.94. The number of hydrogen-bond donors (Lipinski definition) is 0. The molecule has 1 spiro atoms. The molecule has 3 heterocycles. The Kier molecular flexibility index (Phi) is 4.25. The molecule has 146 valence electrons. The fourth-order valence-electron chi connectivity index (χ4n) is 5.44. The van der Waals surface area contributed by atoms with Crippen molar-refractivity contribution in [1.29, 1.82) is 0 Å². The normalized spacial score (nSPS) is 28.5. The Morgan fingerprint density at radius 1 is 1.11 bits per heavy atom. The zero-order valence-corrected chi connectivity index (χ0v) is 16.0. The Labute approximate surface area is 160 Å². The number of piperidine rings is 1. The predicted octanol–water partition coefficient (Wildman–Crippen LogP) is 2.81. The third kappa shape index (κ3) is 2.88. The number of likely N-dealkylation sites (tertiary alicyclic amines) is 2. The molecule has 2 amide bonds.